The summed E-state index contributed by atoms with van der Waals surface area (Å²) >= 11 is 7.09. The molecule has 0 saturated carbocycles. The first-order valence-electron chi connectivity index (χ1n) is 10.2. The highest BCUT2D eigenvalue weighted by Crippen LogP contribution is 2.32. The largest absolute Gasteiger partial charge is 0.308 e. The highest BCUT2D eigenvalue weighted by molar-refractivity contribution is 7.92. The van der Waals surface area contributed by atoms with Gasteiger partial charge in [-0.25, -0.2) is 12.8 Å². The zero-order valence-corrected chi connectivity index (χ0v) is 20.8. The number of thiophene rings is 1. The average Bonchev–Trinajstić information content (AvgIpc) is 3.26. The van der Waals surface area contributed by atoms with Gasteiger partial charge in [-0.2, -0.15) is 4.72 Å². The van der Waals surface area contributed by atoms with Crippen LogP contribution < -0.4 is 9.62 Å². The van der Waals surface area contributed by atoms with Crippen LogP contribution in [0, 0.1) is 11.7 Å². The number of carbonyl (C=O) groups is 1. The lowest BCUT2D eigenvalue weighted by atomic mass is 9.94. The maximum atomic E-state index is 15.0. The Kier molecular flexibility index (Phi) is 7.77. The van der Waals surface area contributed by atoms with Gasteiger partial charge in [0.1, 0.15) is 11.9 Å². The van der Waals surface area contributed by atoms with Crippen LogP contribution in [0.1, 0.15) is 36.8 Å². The first-order valence-corrected chi connectivity index (χ1v) is 13.0. The molecule has 3 rings (SSSR count). The van der Waals surface area contributed by atoms with Crippen molar-refractivity contribution in [2.75, 3.05) is 25.5 Å². The van der Waals surface area contributed by atoms with E-state index in [0.717, 1.165) is 11.0 Å². The monoisotopic (exact) mass is 499 g/mol. The molecule has 1 aromatic heterocycles. The van der Waals surface area contributed by atoms with E-state index in [-0.39, 0.29) is 30.6 Å². The molecule has 1 unspecified atom stereocenters. The van der Waals surface area contributed by atoms with Gasteiger partial charge in [0.15, 0.2) is 0 Å². The minimum absolute atomic E-state index is 0.0393. The van der Waals surface area contributed by atoms with Crippen LogP contribution in [0.25, 0.3) is 6.08 Å². The topological polar surface area (TPSA) is 69.7 Å². The van der Waals surface area contributed by atoms with E-state index < -0.39 is 27.8 Å². The van der Waals surface area contributed by atoms with Crippen LogP contribution in [0.15, 0.2) is 35.7 Å². The third-order valence-corrected chi connectivity index (χ3v) is 7.61. The van der Waals surface area contributed by atoms with Crippen molar-refractivity contribution in [3.05, 3.63) is 56.3 Å². The van der Waals surface area contributed by atoms with E-state index in [0.29, 0.717) is 9.21 Å². The van der Waals surface area contributed by atoms with Crippen LogP contribution in [0.5, 0.6) is 0 Å². The molecular formula is C22H27ClFN3O3S2. The summed E-state index contributed by atoms with van der Waals surface area (Å²) in [6.07, 6.45) is 1.68. The SMILES string of the molecule is CC(C)C(c1ccc(N2CC[C@H](NS(=O)(=O)C=Cc3ccc(Cl)s3)C2=O)c(F)c1)N(C)C. The van der Waals surface area contributed by atoms with E-state index in [1.54, 1.807) is 18.2 Å². The van der Waals surface area contributed by atoms with Crippen molar-refractivity contribution < 1.29 is 17.6 Å². The zero-order valence-electron chi connectivity index (χ0n) is 18.4. The Labute approximate surface area is 197 Å². The quantitative estimate of drug-likeness (QED) is 0.580. The number of rotatable bonds is 8. The maximum Gasteiger partial charge on any atom is 0.245 e. The van der Waals surface area contributed by atoms with E-state index >= 15 is 0 Å². The van der Waals surface area contributed by atoms with Crippen molar-refractivity contribution >= 4 is 50.6 Å². The molecule has 2 heterocycles. The third kappa shape index (κ3) is 5.77. The van der Waals surface area contributed by atoms with Crippen molar-refractivity contribution in [1.82, 2.24) is 9.62 Å². The Balaban J connectivity index is 1.73. The second-order valence-corrected chi connectivity index (χ2v) is 11.6. The predicted molar refractivity (Wildman–Crippen MR) is 129 cm³/mol. The Morgan fingerprint density at radius 3 is 2.56 bits per heavy atom. The zero-order chi connectivity index (χ0) is 23.6. The highest BCUT2D eigenvalue weighted by atomic mass is 35.5. The van der Waals surface area contributed by atoms with Crippen LogP contribution >= 0.6 is 22.9 Å². The first kappa shape index (κ1) is 24.9. The highest BCUT2D eigenvalue weighted by Gasteiger charge is 2.36. The van der Waals surface area contributed by atoms with Gasteiger partial charge >= 0.3 is 0 Å². The van der Waals surface area contributed by atoms with Gasteiger partial charge in [-0.05, 0) is 62.3 Å². The molecule has 2 atom stereocenters. The van der Waals surface area contributed by atoms with E-state index in [1.165, 1.54) is 28.4 Å². The summed E-state index contributed by atoms with van der Waals surface area (Å²) < 4.78 is 42.7. The minimum atomic E-state index is -3.85. The van der Waals surface area contributed by atoms with Crippen LogP contribution in [0.3, 0.4) is 0 Å². The third-order valence-electron chi connectivity index (χ3n) is 5.31. The molecule has 0 aliphatic carbocycles. The van der Waals surface area contributed by atoms with Gasteiger partial charge < -0.3 is 9.80 Å². The van der Waals surface area contributed by atoms with E-state index in [1.807, 2.05) is 25.1 Å². The maximum absolute atomic E-state index is 15.0. The van der Waals surface area contributed by atoms with E-state index in [4.69, 9.17) is 11.6 Å². The number of halogens is 2. The summed E-state index contributed by atoms with van der Waals surface area (Å²) in [4.78, 5) is 16.8. The summed E-state index contributed by atoms with van der Waals surface area (Å²) in [6.45, 7) is 4.37. The lowest BCUT2D eigenvalue weighted by molar-refractivity contribution is -0.118. The minimum Gasteiger partial charge on any atom is -0.308 e. The number of hydrogen-bond donors (Lipinski definition) is 1. The van der Waals surface area contributed by atoms with Crippen molar-refractivity contribution in [2.45, 2.75) is 32.4 Å². The number of nitrogens with one attached hydrogen (secondary N) is 1. The molecule has 10 heteroatoms. The van der Waals surface area contributed by atoms with Gasteiger partial charge in [0.2, 0.25) is 15.9 Å². The number of carbonyl (C=O) groups excluding carboxylic acids is 1. The summed E-state index contributed by atoms with van der Waals surface area (Å²) in [6, 6.07) is 7.35. The first-order chi connectivity index (χ1) is 15.0. The number of anilines is 1. The normalized spacial score (nSPS) is 18.4. The number of nitrogens with zero attached hydrogens (tertiary/aromatic N) is 2. The fraction of sp³-hybridized carbons (Fsp3) is 0.409. The lowest BCUT2D eigenvalue weighted by Gasteiger charge is -2.29. The van der Waals surface area contributed by atoms with Crippen molar-refractivity contribution in [3.8, 4) is 0 Å². The molecule has 0 spiro atoms. The van der Waals surface area contributed by atoms with Gasteiger partial charge in [-0.1, -0.05) is 31.5 Å². The molecule has 1 amide bonds. The van der Waals surface area contributed by atoms with Crippen molar-refractivity contribution in [1.29, 1.82) is 0 Å². The van der Waals surface area contributed by atoms with E-state index in [9.17, 15) is 17.6 Å². The molecule has 6 nitrogen and oxygen atoms in total. The number of benzene rings is 1. The van der Waals surface area contributed by atoms with Gasteiger partial charge in [0.25, 0.3) is 0 Å². The van der Waals surface area contributed by atoms with Gasteiger partial charge in [-0.3, -0.25) is 4.79 Å². The van der Waals surface area contributed by atoms with Crippen LogP contribution in [0.4, 0.5) is 10.1 Å². The molecule has 1 fully saturated rings. The van der Waals surface area contributed by atoms with Gasteiger partial charge in [0.05, 0.1) is 10.0 Å². The fourth-order valence-corrected chi connectivity index (χ4v) is 6.12. The molecule has 1 aromatic carbocycles. The number of sulfonamides is 1. The van der Waals surface area contributed by atoms with Crippen LogP contribution in [-0.4, -0.2) is 45.9 Å². The Hall–Kier alpha value is -1.78. The van der Waals surface area contributed by atoms with Crippen LogP contribution in [0.2, 0.25) is 4.34 Å². The Bertz CT molecular complexity index is 1110. The molecule has 1 aliphatic rings. The second-order valence-electron chi connectivity index (χ2n) is 8.30. The molecule has 32 heavy (non-hydrogen) atoms. The van der Waals surface area contributed by atoms with E-state index in [2.05, 4.69) is 18.6 Å². The second kappa shape index (κ2) is 10.0. The molecule has 174 valence electrons. The van der Waals surface area contributed by atoms with Crippen molar-refractivity contribution in [3.63, 3.8) is 0 Å². The molecule has 1 N–H and O–H groups in total. The Morgan fingerprint density at radius 1 is 1.28 bits per heavy atom. The summed E-state index contributed by atoms with van der Waals surface area (Å²) in [7, 11) is 0.0329. The molecule has 1 saturated heterocycles. The standard InChI is InChI=1S/C22H27ClFN3O3S2/c1-14(2)21(26(3)4)15-5-7-19(17(24)13-15)27-11-9-18(22(27)28)25-32(29,30)12-10-16-6-8-20(23)31-16/h5-8,10,12-14,18,21,25H,9,11H2,1-4H3/t18-,21?/m0/s1. The lowest BCUT2D eigenvalue weighted by Crippen LogP contribution is -2.40. The number of hydrogen-bond acceptors (Lipinski definition) is 5. The molecular weight excluding hydrogens is 473 g/mol. The van der Waals surface area contributed by atoms with Gasteiger partial charge in [0, 0.05) is 22.9 Å². The molecule has 0 bridgehead atoms. The predicted octanol–water partition coefficient (Wildman–Crippen LogP) is 4.49. The average molecular weight is 500 g/mol. The van der Waals surface area contributed by atoms with Crippen molar-refractivity contribution in [2.24, 2.45) is 5.92 Å². The molecule has 2 aromatic rings. The summed E-state index contributed by atoms with van der Waals surface area (Å²) in [5.74, 6) is -0.692. The summed E-state index contributed by atoms with van der Waals surface area (Å²) in [5, 5.41) is 1.01. The molecule has 0 radical (unpaired) electrons. The van der Waals surface area contributed by atoms with Crippen LogP contribution in [-0.2, 0) is 14.8 Å². The number of amides is 1. The summed E-state index contributed by atoms with van der Waals surface area (Å²) in [5.41, 5.74) is 0.986. The fourth-order valence-electron chi connectivity index (χ4n) is 4.05. The Morgan fingerprint density at radius 2 is 2.00 bits per heavy atom. The smallest absolute Gasteiger partial charge is 0.245 e. The van der Waals surface area contributed by atoms with Gasteiger partial charge in [-0.15, -0.1) is 11.3 Å². The molecule has 1 aliphatic heterocycles.